The van der Waals surface area contributed by atoms with Crippen LogP contribution in [0, 0.1) is 0 Å². The van der Waals surface area contributed by atoms with E-state index in [1.807, 2.05) is 47.0 Å². The summed E-state index contributed by atoms with van der Waals surface area (Å²) in [5.41, 5.74) is 4.24. The van der Waals surface area contributed by atoms with Crippen molar-refractivity contribution in [3.8, 4) is 17.1 Å². The lowest BCUT2D eigenvalue weighted by Crippen LogP contribution is -2.15. The number of aromatic nitrogens is 3. The third-order valence-corrected chi connectivity index (χ3v) is 6.62. The number of hydrogen-bond donors (Lipinski definition) is 1. The highest BCUT2D eigenvalue weighted by atomic mass is 35.5. The lowest BCUT2D eigenvalue weighted by molar-refractivity contribution is -0.113. The number of nitrogens with one attached hydrogen (secondary N) is 1. The van der Waals surface area contributed by atoms with Gasteiger partial charge in [0.15, 0.2) is 16.8 Å². The molecule has 0 aliphatic rings. The topological polar surface area (TPSA) is 76.9 Å². The van der Waals surface area contributed by atoms with E-state index in [0.717, 1.165) is 16.8 Å². The summed E-state index contributed by atoms with van der Waals surface area (Å²) >= 11 is 7.41. The van der Waals surface area contributed by atoms with Crippen LogP contribution in [0.25, 0.3) is 17.1 Å². The summed E-state index contributed by atoms with van der Waals surface area (Å²) in [6.07, 6.45) is 0. The zero-order chi connectivity index (χ0) is 24.9. The first-order chi connectivity index (χ1) is 16.8. The van der Waals surface area contributed by atoms with Gasteiger partial charge in [-0.25, -0.2) is 0 Å². The van der Waals surface area contributed by atoms with Gasteiger partial charge in [-0.05, 0) is 73.0 Å². The molecule has 0 atom stereocenters. The van der Waals surface area contributed by atoms with E-state index in [0.29, 0.717) is 27.3 Å². The first kappa shape index (κ1) is 24.7. The number of thioether (sulfide) groups is 1. The molecule has 0 unspecified atom stereocenters. The average Bonchev–Trinajstić information content (AvgIpc) is 3.27. The highest BCUT2D eigenvalue weighted by Gasteiger charge is 2.20. The summed E-state index contributed by atoms with van der Waals surface area (Å²) in [5.74, 6) is 0.918. The number of nitrogens with zero attached hydrogens (tertiary/aromatic N) is 3. The van der Waals surface area contributed by atoms with Gasteiger partial charge in [-0.3, -0.25) is 14.2 Å². The van der Waals surface area contributed by atoms with Crippen molar-refractivity contribution in [3.63, 3.8) is 0 Å². The number of ketones is 1. The van der Waals surface area contributed by atoms with Gasteiger partial charge in [0.1, 0.15) is 0 Å². The summed E-state index contributed by atoms with van der Waals surface area (Å²) in [7, 11) is 0. The molecule has 0 aliphatic carbocycles. The van der Waals surface area contributed by atoms with Crippen LogP contribution in [0.2, 0.25) is 5.02 Å². The van der Waals surface area contributed by atoms with Crippen molar-refractivity contribution in [1.29, 1.82) is 0 Å². The molecule has 178 valence electrons. The summed E-state index contributed by atoms with van der Waals surface area (Å²) in [5, 5.41) is 13.0. The van der Waals surface area contributed by atoms with Crippen LogP contribution in [0.4, 0.5) is 5.69 Å². The number of carbonyl (C=O) groups excluding carboxylic acids is 2. The zero-order valence-electron chi connectivity index (χ0n) is 19.7. The van der Waals surface area contributed by atoms with E-state index in [1.54, 1.807) is 24.3 Å². The number of para-hydroxylation sites is 1. The molecule has 3 aromatic carbocycles. The smallest absolute Gasteiger partial charge is 0.234 e. The van der Waals surface area contributed by atoms with Gasteiger partial charge in [-0.2, -0.15) is 0 Å². The number of anilines is 1. The quantitative estimate of drug-likeness (QED) is 0.215. The number of halogens is 1. The minimum absolute atomic E-state index is 0.0176. The molecule has 1 N–H and O–H groups in total. The summed E-state index contributed by atoms with van der Waals surface area (Å²) in [6.45, 7) is 5.79. The standard InChI is InChI=1S/C27H25ClN4O2S/c1-17(2)23-6-4-5-7-24(23)32-26(20-8-12-21(28)13-9-20)30-31-27(32)35-16-25(34)29-22-14-10-19(11-15-22)18(3)33/h4-15,17H,16H2,1-3H3,(H,29,34). The predicted octanol–water partition coefficient (Wildman–Crippen LogP) is 6.64. The molecule has 0 fully saturated rings. The molecule has 35 heavy (non-hydrogen) atoms. The van der Waals surface area contributed by atoms with E-state index in [1.165, 1.54) is 18.7 Å². The van der Waals surface area contributed by atoms with Gasteiger partial charge in [-0.1, -0.05) is 55.4 Å². The van der Waals surface area contributed by atoms with Gasteiger partial charge in [0, 0.05) is 21.8 Å². The maximum Gasteiger partial charge on any atom is 0.234 e. The lowest BCUT2D eigenvalue weighted by Gasteiger charge is -2.17. The monoisotopic (exact) mass is 504 g/mol. The Hall–Kier alpha value is -3.42. The van der Waals surface area contributed by atoms with Crippen LogP contribution in [-0.2, 0) is 4.79 Å². The Labute approximate surface area is 213 Å². The highest BCUT2D eigenvalue weighted by Crippen LogP contribution is 2.32. The van der Waals surface area contributed by atoms with E-state index in [9.17, 15) is 9.59 Å². The van der Waals surface area contributed by atoms with E-state index < -0.39 is 0 Å². The van der Waals surface area contributed by atoms with Gasteiger partial charge in [0.25, 0.3) is 0 Å². The van der Waals surface area contributed by atoms with Gasteiger partial charge in [0.2, 0.25) is 5.91 Å². The predicted molar refractivity (Wildman–Crippen MR) is 142 cm³/mol. The molecule has 0 radical (unpaired) electrons. The number of Topliss-reactive ketones (excluding diaryl/α,β-unsaturated/α-hetero) is 1. The van der Waals surface area contributed by atoms with Crippen molar-refractivity contribution in [3.05, 3.63) is 88.9 Å². The first-order valence-corrected chi connectivity index (χ1v) is 12.5. The van der Waals surface area contributed by atoms with Gasteiger partial charge < -0.3 is 5.32 Å². The molecular weight excluding hydrogens is 480 g/mol. The normalized spacial score (nSPS) is 11.0. The van der Waals surface area contributed by atoms with Gasteiger partial charge in [-0.15, -0.1) is 10.2 Å². The Morgan fingerprint density at radius 1 is 0.971 bits per heavy atom. The Balaban J connectivity index is 1.62. The largest absolute Gasteiger partial charge is 0.325 e. The van der Waals surface area contributed by atoms with Crippen molar-refractivity contribution >= 4 is 40.7 Å². The van der Waals surface area contributed by atoms with Gasteiger partial charge >= 0.3 is 0 Å². The minimum atomic E-state index is -0.176. The second-order valence-electron chi connectivity index (χ2n) is 8.33. The molecule has 1 amide bonds. The summed E-state index contributed by atoms with van der Waals surface area (Å²) < 4.78 is 2.00. The van der Waals surface area contributed by atoms with Gasteiger partial charge in [0.05, 0.1) is 11.4 Å². The molecule has 1 heterocycles. The van der Waals surface area contributed by atoms with Crippen molar-refractivity contribution in [1.82, 2.24) is 14.8 Å². The van der Waals surface area contributed by atoms with E-state index in [-0.39, 0.29) is 23.4 Å². The van der Waals surface area contributed by atoms with Crippen molar-refractivity contribution in [2.45, 2.75) is 31.8 Å². The lowest BCUT2D eigenvalue weighted by atomic mass is 10.0. The fraction of sp³-hybridized carbons (Fsp3) is 0.185. The molecule has 6 nitrogen and oxygen atoms in total. The maximum absolute atomic E-state index is 12.7. The second-order valence-corrected chi connectivity index (χ2v) is 9.71. The van der Waals surface area contributed by atoms with Crippen LogP contribution >= 0.6 is 23.4 Å². The van der Waals surface area contributed by atoms with Crippen LogP contribution in [-0.4, -0.2) is 32.2 Å². The van der Waals surface area contributed by atoms with Crippen molar-refractivity contribution in [2.24, 2.45) is 0 Å². The fourth-order valence-corrected chi connectivity index (χ4v) is 4.53. The van der Waals surface area contributed by atoms with E-state index in [2.05, 4.69) is 35.4 Å². The number of amides is 1. The van der Waals surface area contributed by atoms with Crippen molar-refractivity contribution in [2.75, 3.05) is 11.1 Å². The molecule has 4 rings (SSSR count). The number of rotatable bonds is 8. The Bertz CT molecular complexity index is 1350. The third-order valence-electron chi connectivity index (χ3n) is 5.44. The first-order valence-electron chi connectivity index (χ1n) is 11.2. The molecule has 8 heteroatoms. The van der Waals surface area contributed by atoms with Crippen LogP contribution in [0.5, 0.6) is 0 Å². The Morgan fingerprint density at radius 2 is 1.66 bits per heavy atom. The SMILES string of the molecule is CC(=O)c1ccc(NC(=O)CSc2nnc(-c3ccc(Cl)cc3)n2-c2ccccc2C(C)C)cc1. The van der Waals surface area contributed by atoms with E-state index >= 15 is 0 Å². The molecule has 0 saturated heterocycles. The Kier molecular flexibility index (Phi) is 7.68. The van der Waals surface area contributed by atoms with Crippen LogP contribution in [0.15, 0.2) is 78.0 Å². The molecule has 1 aromatic heterocycles. The maximum atomic E-state index is 12.7. The molecule has 0 spiro atoms. The fourth-order valence-electron chi connectivity index (χ4n) is 3.66. The van der Waals surface area contributed by atoms with Crippen LogP contribution in [0.1, 0.15) is 42.6 Å². The van der Waals surface area contributed by atoms with E-state index in [4.69, 9.17) is 11.6 Å². The minimum Gasteiger partial charge on any atom is -0.325 e. The number of carbonyl (C=O) groups is 2. The number of benzene rings is 3. The summed E-state index contributed by atoms with van der Waals surface area (Å²) in [6, 6.07) is 22.4. The Morgan fingerprint density at radius 3 is 2.31 bits per heavy atom. The average molecular weight is 505 g/mol. The molecular formula is C27H25ClN4O2S. The number of hydrogen-bond acceptors (Lipinski definition) is 5. The molecule has 0 saturated carbocycles. The zero-order valence-corrected chi connectivity index (χ0v) is 21.2. The van der Waals surface area contributed by atoms with Crippen molar-refractivity contribution < 1.29 is 9.59 Å². The third kappa shape index (κ3) is 5.81. The second kappa shape index (κ2) is 10.9. The van der Waals surface area contributed by atoms with Crippen LogP contribution < -0.4 is 5.32 Å². The molecule has 0 bridgehead atoms. The molecule has 4 aromatic rings. The molecule has 0 aliphatic heterocycles. The van der Waals surface area contributed by atoms with Crippen LogP contribution in [0.3, 0.4) is 0 Å². The summed E-state index contributed by atoms with van der Waals surface area (Å²) in [4.78, 5) is 24.1. The highest BCUT2D eigenvalue weighted by molar-refractivity contribution is 7.99.